The molecule has 0 amide bonds. The molecule has 1 rings (SSSR count). The first kappa shape index (κ1) is 17.3. The molecule has 0 aromatic carbocycles. The molecule has 2 nitrogen and oxygen atoms in total. The third kappa shape index (κ3) is 6.50. The van der Waals surface area contributed by atoms with Gasteiger partial charge in [0.05, 0.1) is 6.61 Å². The third-order valence-electron chi connectivity index (χ3n) is 4.35. The summed E-state index contributed by atoms with van der Waals surface area (Å²) in [5.41, 5.74) is -0.0535. The van der Waals surface area contributed by atoms with Crippen LogP contribution in [0.25, 0.3) is 0 Å². The molecule has 2 N–H and O–H groups in total. The van der Waals surface area contributed by atoms with E-state index in [9.17, 15) is 5.11 Å². The normalized spacial score (nSPS) is 20.1. The van der Waals surface area contributed by atoms with Crippen LogP contribution in [0.2, 0.25) is 0 Å². The molecule has 0 aromatic heterocycles. The maximum Gasteiger partial charge on any atom is 0.0613 e. The predicted octanol–water partition coefficient (Wildman–Crippen LogP) is 3.83. The molecular weight excluding hydrogens is 254 g/mol. The van der Waals surface area contributed by atoms with Crippen molar-refractivity contribution in [3.63, 3.8) is 0 Å². The first-order chi connectivity index (χ1) is 9.12. The Balaban J connectivity index is 2.16. The average molecular weight is 288 g/mol. The highest BCUT2D eigenvalue weighted by Crippen LogP contribution is 2.28. The monoisotopic (exact) mass is 287 g/mol. The predicted molar refractivity (Wildman–Crippen MR) is 86.9 cm³/mol. The summed E-state index contributed by atoms with van der Waals surface area (Å²) in [5.74, 6) is 3.60. The summed E-state index contributed by atoms with van der Waals surface area (Å²) in [7, 11) is 0. The van der Waals surface area contributed by atoms with Gasteiger partial charge >= 0.3 is 0 Å². The molecule has 3 heteroatoms. The molecule has 19 heavy (non-hydrogen) atoms. The van der Waals surface area contributed by atoms with Gasteiger partial charge in [0.2, 0.25) is 0 Å². The number of rotatable bonds is 10. The summed E-state index contributed by atoms with van der Waals surface area (Å²) >= 11 is 2.12. The molecule has 1 fully saturated rings. The van der Waals surface area contributed by atoms with Crippen LogP contribution < -0.4 is 5.32 Å². The summed E-state index contributed by atoms with van der Waals surface area (Å²) in [6.07, 6.45) is 9.13. The molecule has 1 aliphatic rings. The van der Waals surface area contributed by atoms with Crippen LogP contribution >= 0.6 is 11.8 Å². The van der Waals surface area contributed by atoms with Crippen LogP contribution in [-0.4, -0.2) is 34.8 Å². The molecule has 114 valence electrons. The van der Waals surface area contributed by atoms with Crippen molar-refractivity contribution in [1.29, 1.82) is 0 Å². The molecule has 0 aromatic rings. The molecule has 1 unspecified atom stereocenters. The zero-order valence-electron chi connectivity index (χ0n) is 13.1. The molecule has 0 radical (unpaired) electrons. The van der Waals surface area contributed by atoms with E-state index in [0.29, 0.717) is 6.04 Å². The van der Waals surface area contributed by atoms with Crippen LogP contribution in [0.15, 0.2) is 0 Å². The van der Waals surface area contributed by atoms with E-state index in [0.717, 1.165) is 18.8 Å². The van der Waals surface area contributed by atoms with Crippen LogP contribution in [0, 0.1) is 5.92 Å². The summed E-state index contributed by atoms with van der Waals surface area (Å²) in [6, 6.07) is 0.443. The van der Waals surface area contributed by atoms with E-state index in [1.807, 2.05) is 0 Å². The number of thioether (sulfide) groups is 1. The standard InChI is InChI=1S/C16H33NOS/c1-4-16(13-18,17-14(2)3)10-7-11-19-12-15-8-5-6-9-15/h14-15,17-18H,4-13H2,1-3H3. The molecule has 0 bridgehead atoms. The number of hydrogen-bond donors (Lipinski definition) is 2. The van der Waals surface area contributed by atoms with E-state index < -0.39 is 0 Å². The fourth-order valence-corrected chi connectivity index (χ4v) is 4.32. The van der Waals surface area contributed by atoms with Crippen molar-refractivity contribution in [2.45, 2.75) is 77.3 Å². The molecule has 1 aliphatic carbocycles. The SMILES string of the molecule is CCC(CO)(CCCSCC1CCCC1)NC(C)C. The molecular formula is C16H33NOS. The molecule has 0 spiro atoms. The topological polar surface area (TPSA) is 32.3 Å². The third-order valence-corrected chi connectivity index (χ3v) is 5.63. The van der Waals surface area contributed by atoms with Gasteiger partial charge in [-0.15, -0.1) is 0 Å². The lowest BCUT2D eigenvalue weighted by atomic mass is 9.91. The largest absolute Gasteiger partial charge is 0.394 e. The van der Waals surface area contributed by atoms with E-state index in [1.54, 1.807) is 0 Å². The van der Waals surface area contributed by atoms with E-state index in [1.165, 1.54) is 43.6 Å². The number of nitrogens with one attached hydrogen (secondary N) is 1. The van der Waals surface area contributed by atoms with E-state index in [4.69, 9.17) is 0 Å². The number of hydrogen-bond acceptors (Lipinski definition) is 3. The minimum atomic E-state index is -0.0535. The average Bonchev–Trinajstić information content (AvgIpc) is 2.89. The van der Waals surface area contributed by atoms with Gasteiger partial charge in [-0.1, -0.05) is 33.6 Å². The number of aliphatic hydroxyl groups excluding tert-OH is 1. The lowest BCUT2D eigenvalue weighted by Crippen LogP contribution is -2.51. The van der Waals surface area contributed by atoms with Gasteiger partial charge in [-0.2, -0.15) is 11.8 Å². The fourth-order valence-electron chi connectivity index (χ4n) is 3.14. The van der Waals surface area contributed by atoms with Gasteiger partial charge in [0.15, 0.2) is 0 Å². The van der Waals surface area contributed by atoms with Crippen molar-refractivity contribution in [3.05, 3.63) is 0 Å². The Morgan fingerprint density at radius 2 is 2.00 bits per heavy atom. The van der Waals surface area contributed by atoms with Crippen LogP contribution in [0.4, 0.5) is 0 Å². The fraction of sp³-hybridized carbons (Fsp3) is 1.00. The Labute approximate surface area is 124 Å². The van der Waals surface area contributed by atoms with Crippen molar-refractivity contribution in [2.75, 3.05) is 18.1 Å². The molecule has 1 saturated carbocycles. The van der Waals surface area contributed by atoms with Crippen LogP contribution in [0.5, 0.6) is 0 Å². The molecule has 1 atom stereocenters. The zero-order valence-corrected chi connectivity index (χ0v) is 13.9. The Kier molecular flexibility index (Phi) is 8.43. The quantitative estimate of drug-likeness (QED) is 0.599. The summed E-state index contributed by atoms with van der Waals surface area (Å²) in [4.78, 5) is 0. The Morgan fingerprint density at radius 3 is 2.53 bits per heavy atom. The van der Waals surface area contributed by atoms with Crippen molar-refractivity contribution >= 4 is 11.8 Å². The minimum Gasteiger partial charge on any atom is -0.394 e. The lowest BCUT2D eigenvalue weighted by Gasteiger charge is -2.34. The maximum atomic E-state index is 9.69. The van der Waals surface area contributed by atoms with Gasteiger partial charge in [0, 0.05) is 11.6 Å². The smallest absolute Gasteiger partial charge is 0.0613 e. The Morgan fingerprint density at radius 1 is 1.32 bits per heavy atom. The van der Waals surface area contributed by atoms with Crippen LogP contribution in [-0.2, 0) is 0 Å². The van der Waals surface area contributed by atoms with Crippen molar-refractivity contribution < 1.29 is 5.11 Å². The zero-order chi connectivity index (χ0) is 14.1. The molecule has 0 saturated heterocycles. The maximum absolute atomic E-state index is 9.69. The summed E-state index contributed by atoms with van der Waals surface area (Å²) in [5, 5.41) is 13.3. The Hall–Kier alpha value is 0.270. The van der Waals surface area contributed by atoms with Crippen molar-refractivity contribution in [3.8, 4) is 0 Å². The van der Waals surface area contributed by atoms with Crippen molar-refractivity contribution in [1.82, 2.24) is 5.32 Å². The minimum absolute atomic E-state index is 0.0535. The second kappa shape index (κ2) is 9.25. The van der Waals surface area contributed by atoms with E-state index >= 15 is 0 Å². The second-order valence-electron chi connectivity index (χ2n) is 6.42. The van der Waals surface area contributed by atoms with Gasteiger partial charge in [-0.25, -0.2) is 0 Å². The molecule has 0 aliphatic heterocycles. The highest BCUT2D eigenvalue weighted by Gasteiger charge is 2.27. The van der Waals surface area contributed by atoms with Crippen LogP contribution in [0.3, 0.4) is 0 Å². The van der Waals surface area contributed by atoms with Gasteiger partial charge in [0.1, 0.15) is 0 Å². The first-order valence-electron chi connectivity index (χ1n) is 8.08. The van der Waals surface area contributed by atoms with E-state index in [-0.39, 0.29) is 12.1 Å². The van der Waals surface area contributed by atoms with Crippen molar-refractivity contribution in [2.24, 2.45) is 5.92 Å². The Bertz CT molecular complexity index is 223. The highest BCUT2D eigenvalue weighted by atomic mass is 32.2. The number of aliphatic hydroxyl groups is 1. The highest BCUT2D eigenvalue weighted by molar-refractivity contribution is 7.99. The van der Waals surface area contributed by atoms with Crippen LogP contribution in [0.1, 0.15) is 65.7 Å². The van der Waals surface area contributed by atoms with Gasteiger partial charge < -0.3 is 10.4 Å². The van der Waals surface area contributed by atoms with Gasteiger partial charge in [0.25, 0.3) is 0 Å². The summed E-state index contributed by atoms with van der Waals surface area (Å²) in [6.45, 7) is 6.76. The molecule has 0 heterocycles. The second-order valence-corrected chi connectivity index (χ2v) is 7.57. The first-order valence-corrected chi connectivity index (χ1v) is 9.23. The summed E-state index contributed by atoms with van der Waals surface area (Å²) < 4.78 is 0. The van der Waals surface area contributed by atoms with Gasteiger partial charge in [-0.05, 0) is 49.5 Å². The lowest BCUT2D eigenvalue weighted by molar-refractivity contribution is 0.137. The van der Waals surface area contributed by atoms with E-state index in [2.05, 4.69) is 37.8 Å². The van der Waals surface area contributed by atoms with Gasteiger partial charge in [-0.3, -0.25) is 0 Å².